The van der Waals surface area contributed by atoms with Crippen molar-refractivity contribution in [2.45, 2.75) is 25.8 Å². The molecule has 2 aromatic rings. The maximum absolute atomic E-state index is 13.7. The Balaban J connectivity index is 2.10. The van der Waals surface area contributed by atoms with Gasteiger partial charge in [-0.25, -0.2) is 4.39 Å². The number of benzene rings is 2. The fourth-order valence-corrected chi connectivity index (χ4v) is 2.20. The molecule has 2 nitrogen and oxygen atoms in total. The van der Waals surface area contributed by atoms with Crippen LogP contribution in [0, 0.1) is 5.82 Å². The summed E-state index contributed by atoms with van der Waals surface area (Å²) in [7, 11) is 1.45. The molecule has 20 heavy (non-hydrogen) atoms. The van der Waals surface area contributed by atoms with Gasteiger partial charge in [-0.3, -0.25) is 0 Å². The number of aryl methyl sites for hydroxylation is 1. The van der Waals surface area contributed by atoms with Gasteiger partial charge < -0.3 is 10.5 Å². The Labute approximate surface area is 119 Å². The molecular weight excluding hydrogens is 253 g/mol. The SMILES string of the molecule is CCc1ccc(CC(N)c2ccc(OC)c(F)c2)cc1. The van der Waals surface area contributed by atoms with Crippen LogP contribution in [0.25, 0.3) is 0 Å². The van der Waals surface area contributed by atoms with E-state index in [2.05, 4.69) is 31.2 Å². The molecule has 0 saturated heterocycles. The van der Waals surface area contributed by atoms with Crippen molar-refractivity contribution in [1.82, 2.24) is 0 Å². The van der Waals surface area contributed by atoms with Crippen molar-refractivity contribution >= 4 is 0 Å². The summed E-state index contributed by atoms with van der Waals surface area (Å²) in [6.07, 6.45) is 1.71. The summed E-state index contributed by atoms with van der Waals surface area (Å²) < 4.78 is 18.6. The molecule has 106 valence electrons. The second kappa shape index (κ2) is 6.53. The van der Waals surface area contributed by atoms with Crippen LogP contribution in [-0.2, 0) is 12.8 Å². The van der Waals surface area contributed by atoms with E-state index in [-0.39, 0.29) is 17.6 Å². The molecule has 2 aromatic carbocycles. The molecule has 3 heteroatoms. The van der Waals surface area contributed by atoms with Crippen LogP contribution in [0.3, 0.4) is 0 Å². The molecule has 2 N–H and O–H groups in total. The Hall–Kier alpha value is -1.87. The molecule has 1 unspecified atom stereocenters. The van der Waals surface area contributed by atoms with E-state index in [1.54, 1.807) is 6.07 Å². The maximum atomic E-state index is 13.7. The van der Waals surface area contributed by atoms with Crippen LogP contribution >= 0.6 is 0 Å². The number of halogens is 1. The van der Waals surface area contributed by atoms with Crippen LogP contribution in [0.15, 0.2) is 42.5 Å². The number of hydrogen-bond acceptors (Lipinski definition) is 2. The first kappa shape index (κ1) is 14.5. The van der Waals surface area contributed by atoms with Gasteiger partial charge in [-0.05, 0) is 41.7 Å². The molecule has 0 aromatic heterocycles. The Morgan fingerprint density at radius 2 is 1.75 bits per heavy atom. The van der Waals surface area contributed by atoms with Crippen molar-refractivity contribution in [2.75, 3.05) is 7.11 Å². The third-order valence-corrected chi connectivity index (χ3v) is 3.49. The zero-order valence-electron chi connectivity index (χ0n) is 11.9. The average molecular weight is 273 g/mol. The molecule has 0 aliphatic heterocycles. The molecule has 0 aliphatic carbocycles. The summed E-state index contributed by atoms with van der Waals surface area (Å²) in [4.78, 5) is 0. The van der Waals surface area contributed by atoms with Crippen LogP contribution in [-0.4, -0.2) is 7.11 Å². The summed E-state index contributed by atoms with van der Waals surface area (Å²) in [5, 5.41) is 0. The third-order valence-electron chi connectivity index (χ3n) is 3.49. The van der Waals surface area contributed by atoms with Gasteiger partial charge in [-0.15, -0.1) is 0 Å². The molecule has 0 amide bonds. The zero-order valence-corrected chi connectivity index (χ0v) is 11.9. The Morgan fingerprint density at radius 3 is 2.30 bits per heavy atom. The highest BCUT2D eigenvalue weighted by Crippen LogP contribution is 2.23. The lowest BCUT2D eigenvalue weighted by Crippen LogP contribution is -2.13. The fourth-order valence-electron chi connectivity index (χ4n) is 2.20. The normalized spacial score (nSPS) is 12.2. The van der Waals surface area contributed by atoms with Crippen LogP contribution < -0.4 is 10.5 Å². The summed E-state index contributed by atoms with van der Waals surface area (Å²) in [6.45, 7) is 2.13. The van der Waals surface area contributed by atoms with Gasteiger partial charge in [0.25, 0.3) is 0 Å². The zero-order chi connectivity index (χ0) is 14.5. The van der Waals surface area contributed by atoms with Crippen molar-refractivity contribution in [2.24, 2.45) is 5.73 Å². The Bertz CT molecular complexity index is 566. The first-order valence-electron chi connectivity index (χ1n) is 6.81. The van der Waals surface area contributed by atoms with Crippen molar-refractivity contribution in [3.8, 4) is 5.75 Å². The molecular formula is C17H20FNO. The molecule has 0 saturated carbocycles. The lowest BCUT2D eigenvalue weighted by atomic mass is 9.98. The molecule has 0 fully saturated rings. The molecule has 0 radical (unpaired) electrons. The van der Waals surface area contributed by atoms with E-state index in [0.717, 1.165) is 17.5 Å². The highest BCUT2D eigenvalue weighted by Gasteiger charge is 2.10. The first-order chi connectivity index (χ1) is 9.63. The van der Waals surface area contributed by atoms with Crippen LogP contribution in [0.4, 0.5) is 4.39 Å². The van der Waals surface area contributed by atoms with Gasteiger partial charge in [0.15, 0.2) is 11.6 Å². The van der Waals surface area contributed by atoms with E-state index in [0.29, 0.717) is 6.42 Å². The van der Waals surface area contributed by atoms with E-state index in [1.807, 2.05) is 6.07 Å². The third kappa shape index (κ3) is 3.36. The molecule has 1 atom stereocenters. The van der Waals surface area contributed by atoms with Gasteiger partial charge in [0.2, 0.25) is 0 Å². The van der Waals surface area contributed by atoms with Crippen molar-refractivity contribution in [3.63, 3.8) is 0 Å². The van der Waals surface area contributed by atoms with Crippen LogP contribution in [0.2, 0.25) is 0 Å². The van der Waals surface area contributed by atoms with Gasteiger partial charge in [-0.1, -0.05) is 37.3 Å². The number of methoxy groups -OCH3 is 1. The van der Waals surface area contributed by atoms with E-state index in [4.69, 9.17) is 10.5 Å². The van der Waals surface area contributed by atoms with E-state index >= 15 is 0 Å². The quantitative estimate of drug-likeness (QED) is 0.902. The van der Waals surface area contributed by atoms with E-state index in [9.17, 15) is 4.39 Å². The van der Waals surface area contributed by atoms with Gasteiger partial charge in [-0.2, -0.15) is 0 Å². The number of rotatable bonds is 5. The number of hydrogen-bond donors (Lipinski definition) is 1. The minimum atomic E-state index is -0.373. The summed E-state index contributed by atoms with van der Waals surface area (Å²) >= 11 is 0. The van der Waals surface area contributed by atoms with E-state index < -0.39 is 0 Å². The molecule has 0 aliphatic rings. The highest BCUT2D eigenvalue weighted by atomic mass is 19.1. The second-order valence-electron chi connectivity index (χ2n) is 4.87. The smallest absolute Gasteiger partial charge is 0.165 e. The van der Waals surface area contributed by atoms with Gasteiger partial charge in [0.1, 0.15) is 0 Å². The fraction of sp³-hybridized carbons (Fsp3) is 0.294. The predicted octanol–water partition coefficient (Wildman–Crippen LogP) is 3.64. The second-order valence-corrected chi connectivity index (χ2v) is 4.87. The minimum absolute atomic E-state index is 0.220. The Morgan fingerprint density at radius 1 is 1.10 bits per heavy atom. The standard InChI is InChI=1S/C17H20FNO/c1-3-12-4-6-13(7-5-12)10-16(19)14-8-9-17(20-2)15(18)11-14/h4-9,11,16H,3,10,19H2,1-2H3. The summed E-state index contributed by atoms with van der Waals surface area (Å²) in [6, 6.07) is 13.0. The molecule has 0 spiro atoms. The summed E-state index contributed by atoms with van der Waals surface area (Å²) in [5.41, 5.74) is 9.39. The minimum Gasteiger partial charge on any atom is -0.494 e. The lowest BCUT2D eigenvalue weighted by molar-refractivity contribution is 0.386. The van der Waals surface area contributed by atoms with Gasteiger partial charge >= 0.3 is 0 Å². The number of ether oxygens (including phenoxy) is 1. The molecule has 0 heterocycles. The predicted molar refractivity (Wildman–Crippen MR) is 79.4 cm³/mol. The maximum Gasteiger partial charge on any atom is 0.165 e. The van der Waals surface area contributed by atoms with Crippen LogP contribution in [0.5, 0.6) is 5.75 Å². The van der Waals surface area contributed by atoms with Crippen LogP contribution in [0.1, 0.15) is 29.7 Å². The monoisotopic (exact) mass is 273 g/mol. The average Bonchev–Trinajstić information content (AvgIpc) is 2.48. The van der Waals surface area contributed by atoms with Crippen molar-refractivity contribution in [3.05, 3.63) is 65.0 Å². The largest absolute Gasteiger partial charge is 0.494 e. The topological polar surface area (TPSA) is 35.2 Å². The molecule has 2 rings (SSSR count). The Kier molecular flexibility index (Phi) is 4.74. The van der Waals surface area contributed by atoms with E-state index in [1.165, 1.54) is 18.7 Å². The number of nitrogens with two attached hydrogens (primary N) is 1. The lowest BCUT2D eigenvalue weighted by Gasteiger charge is -2.13. The van der Waals surface area contributed by atoms with Crippen molar-refractivity contribution in [1.29, 1.82) is 0 Å². The highest BCUT2D eigenvalue weighted by molar-refractivity contribution is 5.32. The van der Waals surface area contributed by atoms with Crippen molar-refractivity contribution < 1.29 is 9.13 Å². The van der Waals surface area contributed by atoms with Gasteiger partial charge in [0, 0.05) is 6.04 Å². The first-order valence-corrected chi connectivity index (χ1v) is 6.81. The van der Waals surface area contributed by atoms with Gasteiger partial charge in [0.05, 0.1) is 7.11 Å². The molecule has 0 bridgehead atoms. The summed E-state index contributed by atoms with van der Waals surface area (Å²) in [5.74, 6) is -0.130.